The molecule has 1 saturated carbocycles. The normalized spacial score (nSPS) is 19.1. The Bertz CT molecular complexity index is 241. The first-order chi connectivity index (χ1) is 8.04. The summed E-state index contributed by atoms with van der Waals surface area (Å²) >= 11 is 0. The number of rotatable bonds is 8. The van der Waals surface area contributed by atoms with E-state index in [1.165, 1.54) is 12.8 Å². The van der Waals surface area contributed by atoms with Crippen LogP contribution < -0.4 is 11.1 Å². The highest BCUT2D eigenvalue weighted by Crippen LogP contribution is 2.26. The first-order valence-corrected chi connectivity index (χ1v) is 6.78. The molecule has 4 heteroatoms. The number of likely N-dealkylation sites (N-methyl/N-ethyl adjacent to an activating group) is 1. The van der Waals surface area contributed by atoms with Gasteiger partial charge in [-0.05, 0) is 33.2 Å². The lowest BCUT2D eigenvalue weighted by molar-refractivity contribution is -0.121. The van der Waals surface area contributed by atoms with E-state index in [-0.39, 0.29) is 11.9 Å². The summed E-state index contributed by atoms with van der Waals surface area (Å²) < 4.78 is 0. The number of hydrogen-bond acceptors (Lipinski definition) is 3. The standard InChI is InChI=1S/C13H27N3O/c1-4-5-11(14)8-13(17)15-9-10(2)16(3)12-6-7-12/h10-12H,4-9,14H2,1-3H3,(H,15,17). The third kappa shape index (κ3) is 5.50. The Hall–Kier alpha value is -0.610. The fourth-order valence-corrected chi connectivity index (χ4v) is 2.03. The zero-order valence-electron chi connectivity index (χ0n) is 11.4. The van der Waals surface area contributed by atoms with E-state index >= 15 is 0 Å². The largest absolute Gasteiger partial charge is 0.354 e. The Balaban J connectivity index is 2.13. The van der Waals surface area contributed by atoms with E-state index in [1.54, 1.807) is 0 Å². The van der Waals surface area contributed by atoms with E-state index in [9.17, 15) is 4.79 Å². The predicted molar refractivity (Wildman–Crippen MR) is 70.8 cm³/mol. The SMILES string of the molecule is CCCC(N)CC(=O)NCC(C)N(C)C1CC1. The fourth-order valence-electron chi connectivity index (χ4n) is 2.03. The molecule has 4 nitrogen and oxygen atoms in total. The molecule has 1 amide bonds. The molecule has 1 rings (SSSR count). The third-order valence-electron chi connectivity index (χ3n) is 3.52. The summed E-state index contributed by atoms with van der Waals surface area (Å²) in [5.41, 5.74) is 5.84. The molecule has 2 unspecified atom stereocenters. The smallest absolute Gasteiger partial charge is 0.221 e. The summed E-state index contributed by atoms with van der Waals surface area (Å²) in [5, 5.41) is 2.97. The van der Waals surface area contributed by atoms with Crippen LogP contribution in [0.2, 0.25) is 0 Å². The molecule has 0 aromatic carbocycles. The summed E-state index contributed by atoms with van der Waals surface area (Å²) in [7, 11) is 2.14. The minimum absolute atomic E-state index is 0.0106. The average Bonchev–Trinajstić information content (AvgIpc) is 3.08. The molecule has 17 heavy (non-hydrogen) atoms. The van der Waals surface area contributed by atoms with Gasteiger partial charge in [0.25, 0.3) is 0 Å². The molecule has 0 spiro atoms. The Morgan fingerprint density at radius 3 is 2.71 bits per heavy atom. The van der Waals surface area contributed by atoms with Gasteiger partial charge in [0.2, 0.25) is 5.91 Å². The minimum Gasteiger partial charge on any atom is -0.354 e. The van der Waals surface area contributed by atoms with Crippen LogP contribution in [0.1, 0.15) is 46.0 Å². The number of carbonyl (C=O) groups is 1. The molecule has 1 aliphatic rings. The van der Waals surface area contributed by atoms with Crippen molar-refractivity contribution in [1.82, 2.24) is 10.2 Å². The van der Waals surface area contributed by atoms with E-state index in [0.717, 1.165) is 25.4 Å². The van der Waals surface area contributed by atoms with Gasteiger partial charge in [0, 0.05) is 31.1 Å². The van der Waals surface area contributed by atoms with Crippen LogP contribution in [0.25, 0.3) is 0 Å². The van der Waals surface area contributed by atoms with Crippen LogP contribution in [-0.2, 0) is 4.79 Å². The van der Waals surface area contributed by atoms with Gasteiger partial charge in [0.1, 0.15) is 0 Å². The molecule has 0 bridgehead atoms. The number of nitrogens with two attached hydrogens (primary N) is 1. The maximum Gasteiger partial charge on any atom is 0.221 e. The molecule has 0 aliphatic heterocycles. The van der Waals surface area contributed by atoms with Gasteiger partial charge in [-0.15, -0.1) is 0 Å². The number of nitrogens with zero attached hydrogens (tertiary/aromatic N) is 1. The third-order valence-corrected chi connectivity index (χ3v) is 3.52. The molecule has 0 aromatic rings. The van der Waals surface area contributed by atoms with E-state index in [4.69, 9.17) is 5.73 Å². The second-order valence-corrected chi connectivity index (χ2v) is 5.30. The Morgan fingerprint density at radius 1 is 1.53 bits per heavy atom. The van der Waals surface area contributed by atoms with Crippen LogP contribution in [0.3, 0.4) is 0 Å². The summed E-state index contributed by atoms with van der Waals surface area (Å²) in [6, 6.07) is 1.16. The van der Waals surface area contributed by atoms with Crippen molar-refractivity contribution in [2.45, 2.75) is 64.1 Å². The van der Waals surface area contributed by atoms with Gasteiger partial charge in [0.15, 0.2) is 0 Å². The van der Waals surface area contributed by atoms with Crippen LogP contribution in [0.15, 0.2) is 0 Å². The summed E-state index contributed by atoms with van der Waals surface area (Å²) in [5.74, 6) is 0.0852. The average molecular weight is 241 g/mol. The van der Waals surface area contributed by atoms with Crippen molar-refractivity contribution >= 4 is 5.91 Å². The highest BCUT2D eigenvalue weighted by molar-refractivity contribution is 5.76. The maximum absolute atomic E-state index is 11.6. The number of hydrogen-bond donors (Lipinski definition) is 2. The molecular formula is C13H27N3O. The lowest BCUT2D eigenvalue weighted by Crippen LogP contribution is -2.42. The monoisotopic (exact) mass is 241 g/mol. The summed E-state index contributed by atoms with van der Waals surface area (Å²) in [4.78, 5) is 14.0. The minimum atomic E-state index is 0.0106. The second kappa shape index (κ2) is 6.97. The second-order valence-electron chi connectivity index (χ2n) is 5.30. The maximum atomic E-state index is 11.6. The zero-order chi connectivity index (χ0) is 12.8. The van der Waals surface area contributed by atoms with Crippen LogP contribution in [0, 0.1) is 0 Å². The van der Waals surface area contributed by atoms with E-state index in [0.29, 0.717) is 12.5 Å². The summed E-state index contributed by atoms with van der Waals surface area (Å²) in [6.07, 6.45) is 5.01. The van der Waals surface area contributed by atoms with Crippen molar-refractivity contribution in [3.8, 4) is 0 Å². The Kier molecular flexibility index (Phi) is 5.92. The molecule has 0 aromatic heterocycles. The fraction of sp³-hybridized carbons (Fsp3) is 0.923. The van der Waals surface area contributed by atoms with Gasteiger partial charge in [-0.2, -0.15) is 0 Å². The predicted octanol–water partition coefficient (Wildman–Crippen LogP) is 1.10. The molecule has 0 saturated heterocycles. The zero-order valence-corrected chi connectivity index (χ0v) is 11.4. The van der Waals surface area contributed by atoms with Gasteiger partial charge < -0.3 is 11.1 Å². The molecule has 2 atom stereocenters. The van der Waals surface area contributed by atoms with Gasteiger partial charge in [0.05, 0.1) is 0 Å². The van der Waals surface area contributed by atoms with Crippen molar-refractivity contribution in [1.29, 1.82) is 0 Å². The van der Waals surface area contributed by atoms with Crippen molar-refractivity contribution in [2.24, 2.45) is 5.73 Å². The van der Waals surface area contributed by atoms with Crippen molar-refractivity contribution in [3.63, 3.8) is 0 Å². The van der Waals surface area contributed by atoms with Gasteiger partial charge >= 0.3 is 0 Å². The molecular weight excluding hydrogens is 214 g/mol. The Morgan fingerprint density at radius 2 is 2.18 bits per heavy atom. The summed E-state index contributed by atoms with van der Waals surface area (Å²) in [6.45, 7) is 4.97. The topological polar surface area (TPSA) is 58.4 Å². The highest BCUT2D eigenvalue weighted by Gasteiger charge is 2.29. The molecule has 1 aliphatic carbocycles. The highest BCUT2D eigenvalue weighted by atomic mass is 16.1. The molecule has 0 radical (unpaired) electrons. The van der Waals surface area contributed by atoms with Crippen LogP contribution in [0.5, 0.6) is 0 Å². The van der Waals surface area contributed by atoms with Crippen molar-refractivity contribution in [3.05, 3.63) is 0 Å². The molecule has 3 N–H and O–H groups in total. The van der Waals surface area contributed by atoms with E-state index in [2.05, 4.69) is 31.1 Å². The molecule has 0 heterocycles. The first-order valence-electron chi connectivity index (χ1n) is 6.78. The van der Waals surface area contributed by atoms with Gasteiger partial charge in [-0.25, -0.2) is 0 Å². The van der Waals surface area contributed by atoms with Gasteiger partial charge in [-0.1, -0.05) is 13.3 Å². The van der Waals surface area contributed by atoms with Crippen LogP contribution >= 0.6 is 0 Å². The van der Waals surface area contributed by atoms with E-state index < -0.39 is 0 Å². The lowest BCUT2D eigenvalue weighted by Gasteiger charge is -2.24. The first kappa shape index (κ1) is 14.5. The van der Waals surface area contributed by atoms with Crippen LogP contribution in [-0.4, -0.2) is 42.5 Å². The van der Waals surface area contributed by atoms with Gasteiger partial charge in [-0.3, -0.25) is 9.69 Å². The molecule has 1 fully saturated rings. The number of carbonyl (C=O) groups excluding carboxylic acids is 1. The number of nitrogens with one attached hydrogen (secondary N) is 1. The van der Waals surface area contributed by atoms with Crippen molar-refractivity contribution < 1.29 is 4.79 Å². The Labute approximate surface area is 105 Å². The van der Waals surface area contributed by atoms with Crippen molar-refractivity contribution in [2.75, 3.05) is 13.6 Å². The van der Waals surface area contributed by atoms with E-state index in [1.807, 2.05) is 0 Å². The number of amides is 1. The van der Waals surface area contributed by atoms with Crippen LogP contribution in [0.4, 0.5) is 0 Å². The quantitative estimate of drug-likeness (QED) is 0.669. The molecule has 100 valence electrons. The lowest BCUT2D eigenvalue weighted by atomic mass is 10.1.